The number of methoxy groups -OCH3 is 1. The summed E-state index contributed by atoms with van der Waals surface area (Å²) in [5, 5.41) is 8.56. The molecule has 1 aromatic heterocycles. The largest absolute Gasteiger partial charge is 0.497 e. The lowest BCUT2D eigenvalue weighted by Gasteiger charge is -2.00. The van der Waals surface area contributed by atoms with Crippen LogP contribution in [-0.4, -0.2) is 18.2 Å². The molecule has 0 bridgehead atoms. The Bertz CT molecular complexity index is 567. The molecule has 1 heterocycles. The summed E-state index contributed by atoms with van der Waals surface area (Å²) in [6.07, 6.45) is 2.74. The Labute approximate surface area is 109 Å². The summed E-state index contributed by atoms with van der Waals surface area (Å²) in [6, 6.07) is 11.7. The third-order valence-electron chi connectivity index (χ3n) is 2.39. The van der Waals surface area contributed by atoms with Crippen LogP contribution in [-0.2, 0) is 4.79 Å². The van der Waals surface area contributed by atoms with Crippen molar-refractivity contribution in [1.29, 1.82) is 0 Å². The molecule has 0 aliphatic heterocycles. The second kappa shape index (κ2) is 5.51. The second-order valence-electron chi connectivity index (χ2n) is 3.60. The van der Waals surface area contributed by atoms with Crippen LogP contribution in [0.15, 0.2) is 42.5 Å². The minimum absolute atomic E-state index is 0.821. The normalized spacial score (nSPS) is 10.7. The first-order valence-electron chi connectivity index (χ1n) is 5.34. The van der Waals surface area contributed by atoms with Crippen LogP contribution < -0.4 is 4.74 Å². The Morgan fingerprint density at radius 3 is 2.56 bits per heavy atom. The molecular weight excluding hydrogens is 248 g/mol. The van der Waals surface area contributed by atoms with Crippen molar-refractivity contribution in [1.82, 2.24) is 0 Å². The number of carboxylic acid groups (broad SMARTS) is 1. The summed E-state index contributed by atoms with van der Waals surface area (Å²) in [7, 11) is 1.63. The highest BCUT2D eigenvalue weighted by atomic mass is 32.1. The minimum Gasteiger partial charge on any atom is -0.497 e. The zero-order valence-electron chi connectivity index (χ0n) is 9.79. The molecule has 0 amide bonds. The summed E-state index contributed by atoms with van der Waals surface area (Å²) < 4.78 is 5.10. The van der Waals surface area contributed by atoms with Gasteiger partial charge in [-0.15, -0.1) is 11.3 Å². The first kappa shape index (κ1) is 12.4. The van der Waals surface area contributed by atoms with E-state index in [0.29, 0.717) is 0 Å². The molecule has 0 saturated carbocycles. The van der Waals surface area contributed by atoms with E-state index in [1.165, 1.54) is 0 Å². The maximum atomic E-state index is 10.4. The van der Waals surface area contributed by atoms with Crippen molar-refractivity contribution in [2.24, 2.45) is 0 Å². The van der Waals surface area contributed by atoms with Crippen molar-refractivity contribution in [2.45, 2.75) is 0 Å². The Morgan fingerprint density at radius 2 is 1.94 bits per heavy atom. The van der Waals surface area contributed by atoms with E-state index in [1.54, 1.807) is 24.5 Å². The number of hydrogen-bond donors (Lipinski definition) is 1. The minimum atomic E-state index is -0.936. The van der Waals surface area contributed by atoms with Gasteiger partial charge in [-0.2, -0.15) is 0 Å². The van der Waals surface area contributed by atoms with Crippen LogP contribution in [0.3, 0.4) is 0 Å². The van der Waals surface area contributed by atoms with E-state index in [2.05, 4.69) is 0 Å². The summed E-state index contributed by atoms with van der Waals surface area (Å²) in [5.74, 6) is -0.115. The molecule has 2 rings (SSSR count). The number of ether oxygens (including phenoxy) is 1. The average Bonchev–Trinajstić information content (AvgIpc) is 2.85. The van der Waals surface area contributed by atoms with E-state index in [9.17, 15) is 4.79 Å². The molecule has 92 valence electrons. The van der Waals surface area contributed by atoms with Gasteiger partial charge in [0.15, 0.2) is 0 Å². The number of thiophene rings is 1. The van der Waals surface area contributed by atoms with E-state index in [0.717, 1.165) is 27.1 Å². The summed E-state index contributed by atoms with van der Waals surface area (Å²) in [4.78, 5) is 12.4. The van der Waals surface area contributed by atoms with E-state index in [1.807, 2.05) is 36.4 Å². The highest BCUT2D eigenvalue weighted by molar-refractivity contribution is 7.16. The topological polar surface area (TPSA) is 46.5 Å². The lowest BCUT2D eigenvalue weighted by molar-refractivity contribution is -0.131. The van der Waals surface area contributed by atoms with Crippen LogP contribution >= 0.6 is 11.3 Å². The Hall–Kier alpha value is -2.07. The predicted molar refractivity (Wildman–Crippen MR) is 73.0 cm³/mol. The fourth-order valence-electron chi connectivity index (χ4n) is 1.51. The zero-order chi connectivity index (χ0) is 13.0. The highest BCUT2D eigenvalue weighted by Gasteiger charge is 2.02. The van der Waals surface area contributed by atoms with Gasteiger partial charge < -0.3 is 9.84 Å². The first-order chi connectivity index (χ1) is 8.69. The molecule has 18 heavy (non-hydrogen) atoms. The number of rotatable bonds is 4. The van der Waals surface area contributed by atoms with Crippen LogP contribution in [0.1, 0.15) is 4.88 Å². The van der Waals surface area contributed by atoms with Gasteiger partial charge >= 0.3 is 5.97 Å². The number of carboxylic acids is 1. The summed E-state index contributed by atoms with van der Waals surface area (Å²) in [6.45, 7) is 0. The molecule has 0 unspecified atom stereocenters. The zero-order valence-corrected chi connectivity index (χ0v) is 10.6. The molecular formula is C14H12O3S. The molecule has 0 aliphatic rings. The van der Waals surface area contributed by atoms with Gasteiger partial charge in [0.2, 0.25) is 0 Å². The fourth-order valence-corrected chi connectivity index (χ4v) is 2.42. The van der Waals surface area contributed by atoms with Crippen molar-refractivity contribution in [2.75, 3.05) is 7.11 Å². The van der Waals surface area contributed by atoms with E-state index >= 15 is 0 Å². The summed E-state index contributed by atoms with van der Waals surface area (Å²) >= 11 is 1.55. The quantitative estimate of drug-likeness (QED) is 0.855. The third kappa shape index (κ3) is 2.99. The second-order valence-corrected chi connectivity index (χ2v) is 4.72. The van der Waals surface area contributed by atoms with Gasteiger partial charge in [0.05, 0.1) is 7.11 Å². The third-order valence-corrected chi connectivity index (χ3v) is 3.49. The molecule has 0 saturated heterocycles. The van der Waals surface area contributed by atoms with Crippen LogP contribution in [0.4, 0.5) is 0 Å². The maximum Gasteiger partial charge on any atom is 0.328 e. The van der Waals surface area contributed by atoms with Crippen LogP contribution in [0.25, 0.3) is 16.5 Å². The molecule has 0 spiro atoms. The van der Waals surface area contributed by atoms with Gasteiger partial charge in [0, 0.05) is 15.8 Å². The smallest absolute Gasteiger partial charge is 0.328 e. The molecule has 4 heteroatoms. The van der Waals surface area contributed by atoms with E-state index in [4.69, 9.17) is 9.84 Å². The molecule has 0 fully saturated rings. The molecule has 3 nitrogen and oxygen atoms in total. The molecule has 1 N–H and O–H groups in total. The van der Waals surface area contributed by atoms with Crippen molar-refractivity contribution >= 4 is 23.4 Å². The average molecular weight is 260 g/mol. The van der Waals surface area contributed by atoms with Gasteiger partial charge in [0.25, 0.3) is 0 Å². The molecule has 0 atom stereocenters. The Kier molecular flexibility index (Phi) is 3.79. The first-order valence-corrected chi connectivity index (χ1v) is 6.16. The SMILES string of the molecule is COc1ccc(-c2ccc(/C=C/C(=O)O)s2)cc1. The monoisotopic (exact) mass is 260 g/mol. The van der Waals surface area contributed by atoms with Gasteiger partial charge in [-0.05, 0) is 48.0 Å². The van der Waals surface area contributed by atoms with Gasteiger partial charge in [-0.25, -0.2) is 4.79 Å². The predicted octanol–water partition coefficient (Wildman–Crippen LogP) is 3.52. The van der Waals surface area contributed by atoms with Gasteiger partial charge in [0.1, 0.15) is 5.75 Å². The Morgan fingerprint density at radius 1 is 1.22 bits per heavy atom. The standard InChI is InChI=1S/C14H12O3S/c1-17-11-4-2-10(3-5-11)13-8-6-12(18-13)7-9-14(15)16/h2-9H,1H3,(H,15,16)/b9-7+. The van der Waals surface area contributed by atoms with Crippen molar-refractivity contribution in [3.63, 3.8) is 0 Å². The highest BCUT2D eigenvalue weighted by Crippen LogP contribution is 2.29. The molecule has 0 radical (unpaired) electrons. The van der Waals surface area contributed by atoms with Gasteiger partial charge in [-0.3, -0.25) is 0 Å². The lowest BCUT2D eigenvalue weighted by atomic mass is 10.2. The number of benzene rings is 1. The maximum absolute atomic E-state index is 10.4. The van der Waals surface area contributed by atoms with Crippen LogP contribution in [0.5, 0.6) is 5.75 Å². The number of hydrogen-bond acceptors (Lipinski definition) is 3. The van der Waals surface area contributed by atoms with E-state index < -0.39 is 5.97 Å². The van der Waals surface area contributed by atoms with Crippen molar-refractivity contribution in [3.05, 3.63) is 47.4 Å². The fraction of sp³-hybridized carbons (Fsp3) is 0.0714. The van der Waals surface area contributed by atoms with E-state index in [-0.39, 0.29) is 0 Å². The van der Waals surface area contributed by atoms with Gasteiger partial charge in [-0.1, -0.05) is 0 Å². The molecule has 0 aliphatic carbocycles. The molecule has 2 aromatic rings. The van der Waals surface area contributed by atoms with Crippen molar-refractivity contribution in [3.8, 4) is 16.2 Å². The van der Waals surface area contributed by atoms with Crippen LogP contribution in [0, 0.1) is 0 Å². The number of aliphatic carboxylic acids is 1. The lowest BCUT2D eigenvalue weighted by Crippen LogP contribution is -1.84. The molecule has 1 aromatic carbocycles. The van der Waals surface area contributed by atoms with Crippen LogP contribution in [0.2, 0.25) is 0 Å². The Balaban J connectivity index is 2.20. The van der Waals surface area contributed by atoms with Crippen molar-refractivity contribution < 1.29 is 14.6 Å². The summed E-state index contributed by atoms with van der Waals surface area (Å²) in [5.41, 5.74) is 1.09. The number of carbonyl (C=O) groups is 1.